The highest BCUT2D eigenvalue weighted by Crippen LogP contribution is 2.26. The van der Waals surface area contributed by atoms with Crippen LogP contribution in [0.1, 0.15) is 5.56 Å². The van der Waals surface area contributed by atoms with Gasteiger partial charge >= 0.3 is 0 Å². The Labute approximate surface area is 188 Å². The van der Waals surface area contributed by atoms with E-state index in [4.69, 9.17) is 39.3 Å². The number of aromatic nitrogens is 2. The maximum atomic E-state index is 13.5. The van der Waals surface area contributed by atoms with Gasteiger partial charge in [0.05, 0.1) is 5.69 Å². The summed E-state index contributed by atoms with van der Waals surface area (Å²) in [5.74, 6) is 0.660. The van der Waals surface area contributed by atoms with Crippen molar-refractivity contribution in [3.63, 3.8) is 0 Å². The number of hydrogen-bond donors (Lipinski definition) is 3. The Morgan fingerprint density at radius 3 is 2.06 bits per heavy atom. The van der Waals surface area contributed by atoms with Gasteiger partial charge in [0.1, 0.15) is 17.2 Å². The van der Waals surface area contributed by atoms with Crippen molar-refractivity contribution in [2.45, 2.75) is 0 Å². The molecule has 1 aromatic heterocycles. The van der Waals surface area contributed by atoms with Crippen LogP contribution in [0.5, 0.6) is 0 Å². The molecule has 8 heteroatoms. The minimum absolute atomic E-state index is 0.115. The molecule has 3 aromatic carbocycles. The van der Waals surface area contributed by atoms with Crippen molar-refractivity contribution >= 4 is 46.6 Å². The molecule has 0 saturated carbocycles. The molecule has 4 rings (SSSR count). The molecule has 0 bridgehead atoms. The van der Waals surface area contributed by atoms with Crippen molar-refractivity contribution < 1.29 is 0 Å². The summed E-state index contributed by atoms with van der Waals surface area (Å²) < 4.78 is 1.45. The number of nitrogens with zero attached hydrogens (tertiary/aromatic N) is 2. The Bertz CT molecular complexity index is 1300. The first kappa shape index (κ1) is 20.7. The normalized spacial score (nSPS) is 10.6. The van der Waals surface area contributed by atoms with E-state index in [0.717, 1.165) is 6.21 Å². The van der Waals surface area contributed by atoms with Crippen LogP contribution in [0.4, 0.5) is 17.2 Å². The Hall–Kier alpha value is -3.61. The Morgan fingerprint density at radius 1 is 0.903 bits per heavy atom. The molecule has 0 amide bonds. The second kappa shape index (κ2) is 8.63. The lowest BCUT2D eigenvalue weighted by molar-refractivity contribution is 0.948. The van der Waals surface area contributed by atoms with Gasteiger partial charge in [-0.25, -0.2) is 4.98 Å². The fraction of sp³-hybridized carbons (Fsp3) is 0. The monoisotopic (exact) mass is 449 g/mol. The van der Waals surface area contributed by atoms with Crippen LogP contribution in [0, 0.1) is 5.41 Å². The van der Waals surface area contributed by atoms with Gasteiger partial charge < -0.3 is 16.5 Å². The molecule has 0 atom stereocenters. The van der Waals surface area contributed by atoms with Gasteiger partial charge in [-0.2, -0.15) is 0 Å². The lowest BCUT2D eigenvalue weighted by Crippen LogP contribution is -2.26. The van der Waals surface area contributed by atoms with Crippen molar-refractivity contribution in [2.24, 2.45) is 0 Å². The number of hydrogen-bond acceptors (Lipinski definition) is 5. The summed E-state index contributed by atoms with van der Waals surface area (Å²) in [6, 6.07) is 20.9. The van der Waals surface area contributed by atoms with Crippen molar-refractivity contribution in [3.05, 3.63) is 98.8 Å². The quantitative estimate of drug-likeness (QED) is 0.275. The van der Waals surface area contributed by atoms with Crippen molar-refractivity contribution in [3.8, 4) is 17.1 Å². The molecule has 0 aliphatic rings. The minimum Gasteiger partial charge on any atom is -0.399 e. The first-order valence-corrected chi connectivity index (χ1v) is 10.0. The topological polar surface area (TPSA) is 96.8 Å². The van der Waals surface area contributed by atoms with Crippen LogP contribution in [-0.2, 0) is 0 Å². The third-order valence-corrected chi connectivity index (χ3v) is 5.13. The van der Waals surface area contributed by atoms with Crippen LogP contribution < -0.4 is 16.6 Å². The first-order chi connectivity index (χ1) is 15.0. The summed E-state index contributed by atoms with van der Waals surface area (Å²) in [4.78, 5) is 18.2. The zero-order chi connectivity index (χ0) is 22.0. The standard InChI is InChI=1S/C23H17Cl2N5O/c24-15-3-1-14(2-4-15)22-29-21(28-18-9-7-17(27)8-10-18)20(13-26)23(31)30(22)19-11-5-16(25)6-12-19/h1-13,26,28H,27H2. The molecule has 31 heavy (non-hydrogen) atoms. The van der Waals surface area contributed by atoms with Gasteiger partial charge in [0.15, 0.2) is 0 Å². The Morgan fingerprint density at radius 2 is 1.48 bits per heavy atom. The number of benzene rings is 3. The van der Waals surface area contributed by atoms with E-state index >= 15 is 0 Å². The second-order valence-electron chi connectivity index (χ2n) is 6.71. The predicted octanol–water partition coefficient (Wildman–Crippen LogP) is 5.53. The number of rotatable bonds is 5. The van der Waals surface area contributed by atoms with Gasteiger partial charge in [-0.05, 0) is 72.8 Å². The molecule has 0 saturated heterocycles. The van der Waals surface area contributed by atoms with Crippen LogP contribution in [0.25, 0.3) is 17.1 Å². The summed E-state index contributed by atoms with van der Waals surface area (Å²) in [5.41, 5.74) is 8.05. The smallest absolute Gasteiger partial charge is 0.269 e. The van der Waals surface area contributed by atoms with Crippen molar-refractivity contribution in [1.29, 1.82) is 5.41 Å². The van der Waals surface area contributed by atoms with E-state index in [0.29, 0.717) is 38.5 Å². The highest BCUT2D eigenvalue weighted by molar-refractivity contribution is 6.30. The van der Waals surface area contributed by atoms with Crippen LogP contribution >= 0.6 is 23.2 Å². The summed E-state index contributed by atoms with van der Waals surface area (Å²) in [6.07, 6.45) is 0.993. The highest BCUT2D eigenvalue weighted by atomic mass is 35.5. The van der Waals surface area contributed by atoms with Crippen LogP contribution in [0.2, 0.25) is 10.0 Å². The fourth-order valence-electron chi connectivity index (χ4n) is 3.08. The number of anilines is 3. The van der Waals surface area contributed by atoms with Crippen LogP contribution in [-0.4, -0.2) is 15.8 Å². The molecule has 0 aliphatic carbocycles. The lowest BCUT2D eigenvalue weighted by atomic mass is 10.1. The molecule has 0 fully saturated rings. The fourth-order valence-corrected chi connectivity index (χ4v) is 3.34. The van der Waals surface area contributed by atoms with Crippen LogP contribution in [0.15, 0.2) is 77.6 Å². The van der Waals surface area contributed by atoms with Gasteiger partial charge in [-0.3, -0.25) is 9.36 Å². The predicted molar refractivity (Wildman–Crippen MR) is 127 cm³/mol. The van der Waals surface area contributed by atoms with E-state index in [1.807, 2.05) is 0 Å². The number of nitrogens with two attached hydrogens (primary N) is 1. The molecule has 0 unspecified atom stereocenters. The maximum absolute atomic E-state index is 13.5. The highest BCUT2D eigenvalue weighted by Gasteiger charge is 2.18. The number of nitrogen functional groups attached to an aromatic ring is 1. The van der Waals surface area contributed by atoms with E-state index in [1.165, 1.54) is 4.57 Å². The molecule has 154 valence electrons. The maximum Gasteiger partial charge on any atom is 0.269 e. The van der Waals surface area contributed by atoms with E-state index in [1.54, 1.807) is 72.8 Å². The van der Waals surface area contributed by atoms with Gasteiger partial charge in [0, 0.05) is 33.2 Å². The average Bonchev–Trinajstić information content (AvgIpc) is 2.77. The number of halogens is 2. The molecule has 4 aromatic rings. The van der Waals surface area contributed by atoms with Gasteiger partial charge in [-0.15, -0.1) is 0 Å². The van der Waals surface area contributed by atoms with E-state index in [-0.39, 0.29) is 11.4 Å². The van der Waals surface area contributed by atoms with Crippen molar-refractivity contribution in [2.75, 3.05) is 11.1 Å². The lowest BCUT2D eigenvalue weighted by Gasteiger charge is -2.17. The molecule has 0 spiro atoms. The molecule has 0 aliphatic heterocycles. The average molecular weight is 450 g/mol. The second-order valence-corrected chi connectivity index (χ2v) is 7.59. The van der Waals surface area contributed by atoms with E-state index < -0.39 is 5.56 Å². The minimum atomic E-state index is -0.393. The molecular weight excluding hydrogens is 433 g/mol. The third kappa shape index (κ3) is 4.30. The summed E-state index contributed by atoms with van der Waals surface area (Å²) in [6.45, 7) is 0. The molecule has 1 heterocycles. The molecular formula is C23H17Cl2N5O. The third-order valence-electron chi connectivity index (χ3n) is 4.62. The van der Waals surface area contributed by atoms with E-state index in [2.05, 4.69) is 5.32 Å². The summed E-state index contributed by atoms with van der Waals surface area (Å²) in [7, 11) is 0. The van der Waals surface area contributed by atoms with Gasteiger partial charge in [-0.1, -0.05) is 23.2 Å². The van der Waals surface area contributed by atoms with E-state index in [9.17, 15) is 4.79 Å². The first-order valence-electron chi connectivity index (χ1n) is 9.28. The largest absolute Gasteiger partial charge is 0.399 e. The molecule has 6 nitrogen and oxygen atoms in total. The van der Waals surface area contributed by atoms with Crippen LogP contribution in [0.3, 0.4) is 0 Å². The summed E-state index contributed by atoms with van der Waals surface area (Å²) in [5, 5.41) is 12.1. The van der Waals surface area contributed by atoms with Gasteiger partial charge in [0.2, 0.25) is 0 Å². The zero-order valence-corrected chi connectivity index (χ0v) is 17.7. The SMILES string of the molecule is N=Cc1c(Nc2ccc(N)cc2)nc(-c2ccc(Cl)cc2)n(-c2ccc(Cl)cc2)c1=O. The summed E-state index contributed by atoms with van der Waals surface area (Å²) >= 11 is 12.1. The van der Waals surface area contributed by atoms with Crippen molar-refractivity contribution in [1.82, 2.24) is 9.55 Å². The Kier molecular flexibility index (Phi) is 5.75. The molecule has 4 N–H and O–H groups in total. The Balaban J connectivity index is 1.96. The van der Waals surface area contributed by atoms with Gasteiger partial charge in [0.25, 0.3) is 5.56 Å². The zero-order valence-electron chi connectivity index (χ0n) is 16.1. The molecule has 0 radical (unpaired) electrons. The number of nitrogens with one attached hydrogen (secondary N) is 2.